The van der Waals surface area contributed by atoms with Gasteiger partial charge in [0.2, 0.25) is 0 Å². The number of piperidine rings is 1. The number of oxime groups is 1. The molecule has 1 aliphatic heterocycles. The summed E-state index contributed by atoms with van der Waals surface area (Å²) in [7, 11) is 0. The van der Waals surface area contributed by atoms with Crippen LogP contribution in [0.1, 0.15) is 67.7 Å². The lowest BCUT2D eigenvalue weighted by molar-refractivity contribution is -0.269. The molecule has 126 valence electrons. The minimum atomic E-state index is -0.432. The van der Waals surface area contributed by atoms with Gasteiger partial charge in [-0.2, -0.15) is 0 Å². The molecule has 0 amide bonds. The summed E-state index contributed by atoms with van der Waals surface area (Å²) in [5.74, 6) is -0.763. The van der Waals surface area contributed by atoms with Crippen LogP contribution in [0.2, 0.25) is 0 Å². The number of hydrogen-bond acceptors (Lipinski definition) is 6. The summed E-state index contributed by atoms with van der Waals surface area (Å²) in [6, 6.07) is 0. The van der Waals surface area contributed by atoms with Crippen LogP contribution >= 0.6 is 0 Å². The van der Waals surface area contributed by atoms with Crippen molar-refractivity contribution in [1.29, 1.82) is 0 Å². The average molecular weight is 312 g/mol. The molecule has 1 heterocycles. The van der Waals surface area contributed by atoms with E-state index in [0.717, 1.165) is 18.6 Å². The van der Waals surface area contributed by atoms with Crippen LogP contribution in [0.4, 0.5) is 0 Å². The first-order chi connectivity index (χ1) is 10.1. The highest BCUT2D eigenvalue weighted by Gasteiger charge is 2.54. The van der Waals surface area contributed by atoms with Crippen molar-refractivity contribution in [3.63, 3.8) is 0 Å². The third kappa shape index (κ3) is 3.48. The number of hydrogen-bond donors (Lipinski definition) is 0. The summed E-state index contributed by atoms with van der Waals surface area (Å²) in [5, 5.41) is 5.90. The Kier molecular flexibility index (Phi) is 5.73. The van der Waals surface area contributed by atoms with Gasteiger partial charge in [0.05, 0.1) is 16.8 Å². The minimum Gasteiger partial charge on any atom is -0.367 e. The van der Waals surface area contributed by atoms with Crippen LogP contribution in [-0.2, 0) is 19.3 Å². The highest BCUT2D eigenvalue weighted by molar-refractivity contribution is 5.89. The fourth-order valence-electron chi connectivity index (χ4n) is 3.06. The fourth-order valence-corrected chi connectivity index (χ4v) is 3.06. The predicted molar refractivity (Wildman–Crippen MR) is 84.0 cm³/mol. The second-order valence-corrected chi connectivity index (χ2v) is 6.50. The molecule has 1 aliphatic rings. The summed E-state index contributed by atoms with van der Waals surface area (Å²) in [5.41, 5.74) is 0.0302. The van der Waals surface area contributed by atoms with E-state index in [2.05, 4.69) is 19.0 Å². The normalized spacial score (nSPS) is 34.5. The van der Waals surface area contributed by atoms with Crippen molar-refractivity contribution in [2.45, 2.75) is 78.8 Å². The number of hydroxylamine groups is 2. The van der Waals surface area contributed by atoms with Gasteiger partial charge in [0, 0.05) is 26.2 Å². The molecule has 3 atom stereocenters. The zero-order valence-electron chi connectivity index (χ0n) is 14.7. The first kappa shape index (κ1) is 18.6. The topological polar surface area (TPSA) is 68.2 Å². The summed E-state index contributed by atoms with van der Waals surface area (Å²) < 4.78 is 0. The summed E-state index contributed by atoms with van der Waals surface area (Å²) >= 11 is 0. The van der Waals surface area contributed by atoms with E-state index in [1.54, 1.807) is 0 Å². The zero-order chi connectivity index (χ0) is 17.1. The van der Waals surface area contributed by atoms with Gasteiger partial charge < -0.3 is 9.68 Å². The Morgan fingerprint density at radius 3 is 2.23 bits per heavy atom. The molecular weight excluding hydrogens is 284 g/mol. The van der Waals surface area contributed by atoms with E-state index in [-0.39, 0.29) is 17.4 Å². The van der Waals surface area contributed by atoms with E-state index < -0.39 is 11.5 Å². The Balaban J connectivity index is 3.29. The molecule has 3 unspecified atom stereocenters. The fraction of sp³-hybridized carbons (Fsp3) is 0.812. The van der Waals surface area contributed by atoms with E-state index in [0.29, 0.717) is 6.42 Å². The Morgan fingerprint density at radius 1 is 1.23 bits per heavy atom. The van der Waals surface area contributed by atoms with Crippen LogP contribution in [0, 0.1) is 5.92 Å². The highest BCUT2D eigenvalue weighted by Crippen LogP contribution is 2.44. The number of carbonyl (C=O) groups is 2. The number of rotatable bonds is 4. The molecule has 0 bridgehead atoms. The SMILES string of the molecule is CCC1(C)C/C(=N\OC(C)=O)C(C)C(C)(CC)N1OC(C)=O. The van der Waals surface area contributed by atoms with E-state index in [4.69, 9.17) is 9.68 Å². The zero-order valence-corrected chi connectivity index (χ0v) is 14.7. The Labute approximate surface area is 132 Å². The lowest BCUT2D eigenvalue weighted by Crippen LogP contribution is -2.66. The molecule has 0 aromatic rings. The molecule has 22 heavy (non-hydrogen) atoms. The van der Waals surface area contributed by atoms with Crippen molar-refractivity contribution in [3.05, 3.63) is 0 Å². The second-order valence-electron chi connectivity index (χ2n) is 6.50. The summed E-state index contributed by atoms with van der Waals surface area (Å²) in [4.78, 5) is 33.1. The molecule has 1 rings (SSSR count). The molecule has 6 heteroatoms. The van der Waals surface area contributed by atoms with Crippen molar-refractivity contribution in [2.75, 3.05) is 0 Å². The minimum absolute atomic E-state index is 0.00387. The van der Waals surface area contributed by atoms with Gasteiger partial charge in [-0.15, -0.1) is 5.06 Å². The molecule has 0 N–H and O–H groups in total. The van der Waals surface area contributed by atoms with Gasteiger partial charge in [-0.3, -0.25) is 4.79 Å². The molecule has 0 aromatic carbocycles. The number of nitrogens with zero attached hydrogens (tertiary/aromatic N) is 2. The molecule has 0 aromatic heterocycles. The Hall–Kier alpha value is -1.43. The molecule has 0 aliphatic carbocycles. The third-order valence-corrected chi connectivity index (χ3v) is 4.94. The van der Waals surface area contributed by atoms with Crippen molar-refractivity contribution in [3.8, 4) is 0 Å². The largest absolute Gasteiger partial charge is 0.367 e. The van der Waals surface area contributed by atoms with Crippen LogP contribution in [0.3, 0.4) is 0 Å². The van der Waals surface area contributed by atoms with Gasteiger partial charge in [-0.1, -0.05) is 25.9 Å². The van der Waals surface area contributed by atoms with Gasteiger partial charge >= 0.3 is 11.9 Å². The molecule has 0 saturated carbocycles. The van der Waals surface area contributed by atoms with E-state index in [1.807, 2.05) is 25.8 Å². The number of carbonyl (C=O) groups excluding carboxylic acids is 2. The van der Waals surface area contributed by atoms with Crippen LogP contribution in [0.15, 0.2) is 5.16 Å². The van der Waals surface area contributed by atoms with E-state index >= 15 is 0 Å². The van der Waals surface area contributed by atoms with Gasteiger partial charge in [-0.05, 0) is 26.7 Å². The first-order valence-electron chi connectivity index (χ1n) is 7.84. The molecular formula is C16H28N2O4. The third-order valence-electron chi connectivity index (χ3n) is 4.94. The molecule has 1 saturated heterocycles. The summed E-state index contributed by atoms with van der Waals surface area (Å²) in [6.07, 6.45) is 2.14. The van der Waals surface area contributed by atoms with Gasteiger partial charge in [0.25, 0.3) is 0 Å². The monoisotopic (exact) mass is 312 g/mol. The van der Waals surface area contributed by atoms with Crippen molar-refractivity contribution in [2.24, 2.45) is 11.1 Å². The Morgan fingerprint density at radius 2 is 1.82 bits per heavy atom. The standard InChI is InChI=1S/C16H28N2O4/c1-8-15(6)10-14(17-21-12(4)19)11(3)16(7,9-2)18(15)22-13(5)20/h11H,8-10H2,1-7H3/b17-14+. The van der Waals surface area contributed by atoms with Gasteiger partial charge in [0.15, 0.2) is 0 Å². The van der Waals surface area contributed by atoms with Crippen LogP contribution in [-0.4, -0.2) is 33.8 Å². The lowest BCUT2D eigenvalue weighted by Gasteiger charge is -2.55. The van der Waals surface area contributed by atoms with Crippen molar-refractivity contribution >= 4 is 17.7 Å². The molecule has 6 nitrogen and oxygen atoms in total. The van der Waals surface area contributed by atoms with Gasteiger partial charge in [0.1, 0.15) is 0 Å². The van der Waals surface area contributed by atoms with Crippen LogP contribution < -0.4 is 0 Å². The highest BCUT2D eigenvalue weighted by atomic mass is 16.7. The van der Waals surface area contributed by atoms with Crippen molar-refractivity contribution < 1.29 is 19.3 Å². The van der Waals surface area contributed by atoms with Gasteiger partial charge in [-0.25, -0.2) is 4.79 Å². The Bertz CT molecular complexity index is 477. The molecule has 0 spiro atoms. The lowest BCUT2D eigenvalue weighted by atomic mass is 9.70. The first-order valence-corrected chi connectivity index (χ1v) is 7.84. The molecule has 0 radical (unpaired) electrons. The quantitative estimate of drug-likeness (QED) is 0.589. The van der Waals surface area contributed by atoms with Crippen LogP contribution in [0.5, 0.6) is 0 Å². The molecule has 1 fully saturated rings. The average Bonchev–Trinajstić information content (AvgIpc) is 2.45. The maximum Gasteiger partial charge on any atom is 0.331 e. The summed E-state index contributed by atoms with van der Waals surface area (Å²) in [6.45, 7) is 13.0. The van der Waals surface area contributed by atoms with E-state index in [9.17, 15) is 9.59 Å². The maximum atomic E-state index is 11.6. The van der Waals surface area contributed by atoms with Crippen LogP contribution in [0.25, 0.3) is 0 Å². The van der Waals surface area contributed by atoms with Crippen molar-refractivity contribution in [1.82, 2.24) is 5.06 Å². The van der Waals surface area contributed by atoms with E-state index in [1.165, 1.54) is 13.8 Å². The maximum absolute atomic E-state index is 11.6. The second kappa shape index (κ2) is 6.77. The predicted octanol–water partition coefficient (Wildman–Crippen LogP) is 3.06. The smallest absolute Gasteiger partial charge is 0.331 e.